The summed E-state index contributed by atoms with van der Waals surface area (Å²) in [6.07, 6.45) is 6.40. The van der Waals surface area contributed by atoms with Crippen molar-refractivity contribution in [3.63, 3.8) is 0 Å². The van der Waals surface area contributed by atoms with E-state index in [9.17, 15) is 5.11 Å². The number of aryl methyl sites for hydroxylation is 1. The number of nitrogens with one attached hydrogen (secondary N) is 1. The molecule has 3 atom stereocenters. The summed E-state index contributed by atoms with van der Waals surface area (Å²) in [7, 11) is 0. The number of phenols is 1. The van der Waals surface area contributed by atoms with Crippen LogP contribution < -0.4 is 10.2 Å². The van der Waals surface area contributed by atoms with E-state index in [1.54, 1.807) is 0 Å². The van der Waals surface area contributed by atoms with Gasteiger partial charge in [0.2, 0.25) is 0 Å². The molecule has 0 radical (unpaired) electrons. The van der Waals surface area contributed by atoms with Crippen molar-refractivity contribution in [3.8, 4) is 11.5 Å². The average Bonchev–Trinajstić information content (AvgIpc) is 2.69. The fourth-order valence-corrected chi connectivity index (χ4v) is 5.49. The first kappa shape index (κ1) is 21.7. The van der Waals surface area contributed by atoms with Crippen molar-refractivity contribution in [2.45, 2.75) is 76.9 Å². The first-order valence-electron chi connectivity index (χ1n) is 11.7. The summed E-state index contributed by atoms with van der Waals surface area (Å²) in [5, 5.41) is 13.2. The van der Waals surface area contributed by atoms with E-state index < -0.39 is 0 Å². The maximum absolute atomic E-state index is 11.0. The molecule has 5 nitrogen and oxygen atoms in total. The highest BCUT2D eigenvalue weighted by atomic mass is 16.5. The Kier molecular flexibility index (Phi) is 6.42. The smallest absolute Gasteiger partial charge is 0.127 e. The molecule has 1 saturated carbocycles. The van der Waals surface area contributed by atoms with Gasteiger partial charge in [-0.1, -0.05) is 31.9 Å². The van der Waals surface area contributed by atoms with Gasteiger partial charge in [-0.3, -0.25) is 0 Å². The molecule has 5 heteroatoms. The second-order valence-corrected chi connectivity index (χ2v) is 9.78. The van der Waals surface area contributed by atoms with Crippen LogP contribution in [0.3, 0.4) is 0 Å². The molecule has 0 amide bonds. The molecule has 30 heavy (non-hydrogen) atoms. The van der Waals surface area contributed by atoms with Crippen molar-refractivity contribution in [2.75, 3.05) is 26.3 Å². The SMILES string of the molecule is C=C1C[C@@H]2c3c(O)cc(CCCCC)cc3OC(C)(C)[C@H]2CC1NN1CCOCC1. The van der Waals surface area contributed by atoms with Crippen LogP contribution in [0.5, 0.6) is 11.5 Å². The molecule has 3 aliphatic rings. The van der Waals surface area contributed by atoms with Gasteiger partial charge in [-0.2, -0.15) is 0 Å². The molecule has 1 aliphatic carbocycles. The number of hydrogen-bond donors (Lipinski definition) is 2. The van der Waals surface area contributed by atoms with Gasteiger partial charge in [0.05, 0.1) is 13.2 Å². The summed E-state index contributed by atoms with van der Waals surface area (Å²) < 4.78 is 12.0. The van der Waals surface area contributed by atoms with E-state index in [1.165, 1.54) is 24.0 Å². The molecule has 2 aliphatic heterocycles. The summed E-state index contributed by atoms with van der Waals surface area (Å²) in [6.45, 7) is 14.4. The van der Waals surface area contributed by atoms with Gasteiger partial charge in [0.1, 0.15) is 17.1 Å². The quantitative estimate of drug-likeness (QED) is 0.528. The van der Waals surface area contributed by atoms with Crippen LogP contribution in [0.25, 0.3) is 0 Å². The maximum Gasteiger partial charge on any atom is 0.127 e. The van der Waals surface area contributed by atoms with Gasteiger partial charge >= 0.3 is 0 Å². The number of phenolic OH excluding ortho intramolecular Hbond substituents is 1. The number of rotatable bonds is 6. The molecule has 2 N–H and O–H groups in total. The topological polar surface area (TPSA) is 54.0 Å². The standard InChI is InChI=1S/C25H38N2O3/c1-5-6-7-8-18-14-22(28)24-19-13-17(2)21(26-27-9-11-29-12-10-27)16-20(19)25(3,4)30-23(24)15-18/h14-15,19-21,26,28H,2,5-13,16H2,1,3-4H3/t19-,20-,21?/m0/s1. The lowest BCUT2D eigenvalue weighted by Crippen LogP contribution is -2.55. The molecular weight excluding hydrogens is 376 g/mol. The molecule has 2 heterocycles. The third-order valence-corrected chi connectivity index (χ3v) is 7.19. The number of hydrazine groups is 1. The van der Waals surface area contributed by atoms with E-state index in [0.717, 1.165) is 63.3 Å². The highest BCUT2D eigenvalue weighted by molar-refractivity contribution is 5.52. The van der Waals surface area contributed by atoms with Gasteiger partial charge < -0.3 is 14.6 Å². The Morgan fingerprint density at radius 1 is 1.23 bits per heavy atom. The molecule has 1 saturated heterocycles. The number of aromatic hydroxyl groups is 1. The summed E-state index contributed by atoms with van der Waals surface area (Å²) >= 11 is 0. The average molecular weight is 415 g/mol. The van der Waals surface area contributed by atoms with E-state index in [2.05, 4.69) is 43.9 Å². The third-order valence-electron chi connectivity index (χ3n) is 7.19. The third kappa shape index (κ3) is 4.39. The van der Waals surface area contributed by atoms with Crippen molar-refractivity contribution in [2.24, 2.45) is 5.92 Å². The molecule has 166 valence electrons. The van der Waals surface area contributed by atoms with E-state index in [0.29, 0.717) is 11.7 Å². The van der Waals surface area contributed by atoms with Crippen LogP contribution in [-0.2, 0) is 11.2 Å². The number of hydrogen-bond acceptors (Lipinski definition) is 5. The van der Waals surface area contributed by atoms with Crippen molar-refractivity contribution < 1.29 is 14.6 Å². The monoisotopic (exact) mass is 414 g/mol. The largest absolute Gasteiger partial charge is 0.508 e. The summed E-state index contributed by atoms with van der Waals surface area (Å²) in [6, 6.07) is 4.38. The van der Waals surface area contributed by atoms with Gasteiger partial charge in [0.25, 0.3) is 0 Å². The molecule has 4 rings (SSSR count). The van der Waals surface area contributed by atoms with Crippen LogP contribution in [0, 0.1) is 5.92 Å². The van der Waals surface area contributed by atoms with Gasteiger partial charge in [0.15, 0.2) is 0 Å². The lowest BCUT2D eigenvalue weighted by molar-refractivity contribution is -0.0254. The minimum absolute atomic E-state index is 0.240. The van der Waals surface area contributed by atoms with Gasteiger partial charge in [-0.25, -0.2) is 10.4 Å². The Morgan fingerprint density at radius 3 is 2.73 bits per heavy atom. The Bertz CT molecular complexity index is 770. The van der Waals surface area contributed by atoms with Crippen LogP contribution in [0.2, 0.25) is 0 Å². The lowest BCUT2D eigenvalue weighted by atomic mass is 9.64. The van der Waals surface area contributed by atoms with Crippen LogP contribution in [-0.4, -0.2) is 48.1 Å². The molecule has 0 bridgehead atoms. The first-order valence-corrected chi connectivity index (χ1v) is 11.7. The second kappa shape index (κ2) is 8.89. The Labute approximate surface area is 181 Å². The number of fused-ring (bicyclic) bond motifs is 3. The molecule has 0 aromatic heterocycles. The summed E-state index contributed by atoms with van der Waals surface area (Å²) in [5.41, 5.74) is 6.80. The molecule has 1 aromatic carbocycles. The number of nitrogens with zero attached hydrogens (tertiary/aromatic N) is 1. The van der Waals surface area contributed by atoms with Crippen molar-refractivity contribution >= 4 is 0 Å². The zero-order valence-electron chi connectivity index (χ0n) is 18.9. The van der Waals surface area contributed by atoms with Crippen LogP contribution in [0.1, 0.15) is 69.9 Å². The zero-order chi connectivity index (χ0) is 21.3. The zero-order valence-corrected chi connectivity index (χ0v) is 18.9. The Balaban J connectivity index is 1.55. The van der Waals surface area contributed by atoms with Crippen LogP contribution >= 0.6 is 0 Å². The van der Waals surface area contributed by atoms with Crippen LogP contribution in [0.4, 0.5) is 0 Å². The fraction of sp³-hybridized carbons (Fsp3) is 0.680. The van der Waals surface area contributed by atoms with Gasteiger partial charge in [-0.05, 0) is 57.2 Å². The molecular formula is C25H38N2O3. The molecule has 0 spiro atoms. The summed E-state index contributed by atoms with van der Waals surface area (Å²) in [5.74, 6) is 1.85. The Morgan fingerprint density at radius 2 is 2.00 bits per heavy atom. The number of morpholine rings is 1. The maximum atomic E-state index is 11.0. The lowest BCUT2D eigenvalue weighted by Gasteiger charge is -2.50. The molecule has 2 fully saturated rings. The van der Waals surface area contributed by atoms with Crippen molar-refractivity contribution in [1.82, 2.24) is 10.4 Å². The highest BCUT2D eigenvalue weighted by Gasteiger charge is 2.49. The fourth-order valence-electron chi connectivity index (χ4n) is 5.49. The minimum Gasteiger partial charge on any atom is -0.508 e. The second-order valence-electron chi connectivity index (χ2n) is 9.78. The van der Waals surface area contributed by atoms with Crippen LogP contribution in [0.15, 0.2) is 24.3 Å². The predicted octanol–water partition coefficient (Wildman–Crippen LogP) is 4.55. The van der Waals surface area contributed by atoms with Crippen molar-refractivity contribution in [3.05, 3.63) is 35.4 Å². The van der Waals surface area contributed by atoms with Gasteiger partial charge in [-0.15, -0.1) is 0 Å². The van der Waals surface area contributed by atoms with E-state index in [1.807, 2.05) is 6.07 Å². The van der Waals surface area contributed by atoms with E-state index >= 15 is 0 Å². The molecule has 1 aromatic rings. The van der Waals surface area contributed by atoms with Crippen molar-refractivity contribution in [1.29, 1.82) is 0 Å². The van der Waals surface area contributed by atoms with E-state index in [4.69, 9.17) is 9.47 Å². The predicted molar refractivity (Wildman–Crippen MR) is 120 cm³/mol. The number of benzene rings is 1. The number of unbranched alkanes of at least 4 members (excludes halogenated alkanes) is 2. The first-order chi connectivity index (χ1) is 14.4. The minimum atomic E-state index is -0.280. The normalized spacial score (nSPS) is 28.5. The van der Waals surface area contributed by atoms with E-state index in [-0.39, 0.29) is 17.6 Å². The molecule has 1 unspecified atom stereocenters. The Hall–Kier alpha value is -1.56. The van der Waals surface area contributed by atoms with Gasteiger partial charge in [0, 0.05) is 36.5 Å². The highest BCUT2D eigenvalue weighted by Crippen LogP contribution is 2.55. The number of ether oxygens (including phenoxy) is 2. The summed E-state index contributed by atoms with van der Waals surface area (Å²) in [4.78, 5) is 0.